The summed E-state index contributed by atoms with van der Waals surface area (Å²) < 4.78 is 4.82. The Morgan fingerprint density at radius 2 is 2.29 bits per heavy atom. The first kappa shape index (κ1) is 11.1. The molecule has 1 aromatic rings. The average Bonchev–Trinajstić information content (AvgIpc) is 2.18. The van der Waals surface area contributed by atoms with Gasteiger partial charge >= 0.3 is 5.97 Å². The van der Waals surface area contributed by atoms with Crippen LogP contribution in [0.3, 0.4) is 0 Å². The van der Waals surface area contributed by atoms with Crippen LogP contribution in [0.25, 0.3) is 0 Å². The minimum Gasteiger partial charge on any atom is -0.462 e. The minimum atomic E-state index is -0.368. The highest BCUT2D eigenvalue weighted by molar-refractivity contribution is 7.80. The van der Waals surface area contributed by atoms with Gasteiger partial charge in [0.15, 0.2) is 0 Å². The molecule has 0 radical (unpaired) electrons. The first-order valence-electron chi connectivity index (χ1n) is 4.29. The van der Waals surface area contributed by atoms with Gasteiger partial charge in [-0.2, -0.15) is 0 Å². The van der Waals surface area contributed by atoms with E-state index in [0.717, 1.165) is 0 Å². The van der Waals surface area contributed by atoms with E-state index >= 15 is 0 Å². The SMILES string of the molecule is CCOC(=O)c1ccc(CO)c(S)c1. The van der Waals surface area contributed by atoms with Crippen LogP contribution in [-0.4, -0.2) is 17.7 Å². The van der Waals surface area contributed by atoms with E-state index in [4.69, 9.17) is 9.84 Å². The lowest BCUT2D eigenvalue weighted by Gasteiger charge is -2.05. The van der Waals surface area contributed by atoms with Crippen LogP contribution in [0.15, 0.2) is 23.1 Å². The fraction of sp³-hybridized carbons (Fsp3) is 0.300. The van der Waals surface area contributed by atoms with Crippen molar-refractivity contribution in [1.82, 2.24) is 0 Å². The molecule has 1 N–H and O–H groups in total. The van der Waals surface area contributed by atoms with Crippen molar-refractivity contribution in [3.8, 4) is 0 Å². The summed E-state index contributed by atoms with van der Waals surface area (Å²) in [5.74, 6) is -0.368. The molecule has 0 aliphatic heterocycles. The molecular formula is C10H12O3S. The predicted molar refractivity (Wildman–Crippen MR) is 55.6 cm³/mol. The highest BCUT2D eigenvalue weighted by Gasteiger charge is 2.07. The number of carbonyl (C=O) groups excluding carboxylic acids is 1. The van der Waals surface area contributed by atoms with Crippen molar-refractivity contribution in [2.24, 2.45) is 0 Å². The van der Waals surface area contributed by atoms with Gasteiger partial charge in [-0.15, -0.1) is 12.6 Å². The Labute approximate surface area is 88.1 Å². The first-order chi connectivity index (χ1) is 6.69. The molecule has 0 fully saturated rings. The Kier molecular flexibility index (Phi) is 3.98. The van der Waals surface area contributed by atoms with E-state index in [9.17, 15) is 4.79 Å². The largest absolute Gasteiger partial charge is 0.462 e. The molecule has 0 saturated carbocycles. The zero-order valence-corrected chi connectivity index (χ0v) is 8.75. The van der Waals surface area contributed by atoms with E-state index in [1.54, 1.807) is 25.1 Å². The normalized spacial score (nSPS) is 9.93. The number of thiol groups is 1. The molecule has 4 heteroatoms. The van der Waals surface area contributed by atoms with Gasteiger partial charge in [0.2, 0.25) is 0 Å². The molecule has 1 aromatic carbocycles. The maximum Gasteiger partial charge on any atom is 0.338 e. The van der Waals surface area contributed by atoms with Crippen LogP contribution in [0.5, 0.6) is 0 Å². The second kappa shape index (κ2) is 5.02. The number of esters is 1. The summed E-state index contributed by atoms with van der Waals surface area (Å²) in [5, 5.41) is 8.89. The number of ether oxygens (including phenoxy) is 1. The fourth-order valence-electron chi connectivity index (χ4n) is 1.04. The highest BCUT2D eigenvalue weighted by atomic mass is 32.1. The van der Waals surface area contributed by atoms with Crippen molar-refractivity contribution >= 4 is 18.6 Å². The topological polar surface area (TPSA) is 46.5 Å². The molecule has 0 aromatic heterocycles. The molecule has 0 bridgehead atoms. The van der Waals surface area contributed by atoms with Crippen molar-refractivity contribution < 1.29 is 14.6 Å². The van der Waals surface area contributed by atoms with Gasteiger partial charge in [0.1, 0.15) is 0 Å². The predicted octanol–water partition coefficient (Wildman–Crippen LogP) is 1.64. The summed E-state index contributed by atoms with van der Waals surface area (Å²) in [4.78, 5) is 11.9. The van der Waals surface area contributed by atoms with Crippen molar-refractivity contribution in [2.75, 3.05) is 6.61 Å². The molecule has 0 atom stereocenters. The average molecular weight is 212 g/mol. The Balaban J connectivity index is 2.91. The van der Waals surface area contributed by atoms with Crippen molar-refractivity contribution in [1.29, 1.82) is 0 Å². The molecule has 0 amide bonds. The third kappa shape index (κ3) is 2.49. The summed E-state index contributed by atoms with van der Waals surface area (Å²) >= 11 is 4.14. The molecule has 0 saturated heterocycles. The maximum absolute atomic E-state index is 11.3. The third-order valence-corrected chi connectivity index (χ3v) is 2.18. The minimum absolute atomic E-state index is 0.0814. The van der Waals surface area contributed by atoms with Crippen LogP contribution in [0.1, 0.15) is 22.8 Å². The molecule has 0 aliphatic carbocycles. The quantitative estimate of drug-likeness (QED) is 0.591. The molecule has 3 nitrogen and oxygen atoms in total. The van der Waals surface area contributed by atoms with Gasteiger partial charge in [-0.25, -0.2) is 4.79 Å². The van der Waals surface area contributed by atoms with Gasteiger partial charge in [0.05, 0.1) is 18.8 Å². The van der Waals surface area contributed by atoms with Crippen molar-refractivity contribution in [3.05, 3.63) is 29.3 Å². The molecular weight excluding hydrogens is 200 g/mol. The number of hydrogen-bond donors (Lipinski definition) is 2. The van der Waals surface area contributed by atoms with Gasteiger partial charge in [-0.1, -0.05) is 6.07 Å². The number of carbonyl (C=O) groups is 1. The number of rotatable bonds is 3. The second-order valence-electron chi connectivity index (χ2n) is 2.72. The highest BCUT2D eigenvalue weighted by Crippen LogP contribution is 2.16. The molecule has 0 unspecified atom stereocenters. The molecule has 0 spiro atoms. The van der Waals surface area contributed by atoms with E-state index in [1.165, 1.54) is 0 Å². The third-order valence-electron chi connectivity index (χ3n) is 1.77. The van der Waals surface area contributed by atoms with Gasteiger partial charge in [0, 0.05) is 4.90 Å². The monoisotopic (exact) mass is 212 g/mol. The number of hydrogen-bond acceptors (Lipinski definition) is 4. The number of benzene rings is 1. The van der Waals surface area contributed by atoms with Crippen molar-refractivity contribution in [2.45, 2.75) is 18.4 Å². The summed E-state index contributed by atoms with van der Waals surface area (Å²) in [6, 6.07) is 4.87. The Hall–Kier alpha value is -1.00. The van der Waals surface area contributed by atoms with Crippen LogP contribution < -0.4 is 0 Å². The number of aliphatic hydroxyl groups excluding tert-OH is 1. The molecule has 1 rings (SSSR count). The van der Waals surface area contributed by atoms with Gasteiger partial charge in [0.25, 0.3) is 0 Å². The van der Waals surface area contributed by atoms with E-state index in [2.05, 4.69) is 12.6 Å². The Morgan fingerprint density at radius 3 is 2.79 bits per heavy atom. The molecule has 0 aliphatic rings. The molecule has 76 valence electrons. The molecule has 14 heavy (non-hydrogen) atoms. The van der Waals surface area contributed by atoms with Crippen LogP contribution in [0.2, 0.25) is 0 Å². The van der Waals surface area contributed by atoms with Crippen LogP contribution in [0.4, 0.5) is 0 Å². The zero-order valence-electron chi connectivity index (χ0n) is 7.86. The van der Waals surface area contributed by atoms with E-state index in [-0.39, 0.29) is 12.6 Å². The maximum atomic E-state index is 11.3. The van der Waals surface area contributed by atoms with E-state index in [0.29, 0.717) is 22.6 Å². The standard InChI is InChI=1S/C10H12O3S/c1-2-13-10(12)7-3-4-8(6-11)9(14)5-7/h3-5,11,14H,2,6H2,1H3. The summed E-state index contributed by atoms with van der Waals surface area (Å²) in [6.45, 7) is 2.02. The summed E-state index contributed by atoms with van der Waals surface area (Å²) in [6.07, 6.45) is 0. The smallest absolute Gasteiger partial charge is 0.338 e. The summed E-state index contributed by atoms with van der Waals surface area (Å²) in [5.41, 5.74) is 1.15. The lowest BCUT2D eigenvalue weighted by atomic mass is 10.1. The van der Waals surface area contributed by atoms with Crippen LogP contribution in [-0.2, 0) is 11.3 Å². The van der Waals surface area contributed by atoms with Crippen LogP contribution in [0, 0.1) is 0 Å². The fourth-order valence-corrected chi connectivity index (χ4v) is 1.32. The Bertz CT molecular complexity index is 336. The van der Waals surface area contributed by atoms with Gasteiger partial charge in [-0.3, -0.25) is 0 Å². The van der Waals surface area contributed by atoms with Crippen molar-refractivity contribution in [3.63, 3.8) is 0 Å². The van der Waals surface area contributed by atoms with Gasteiger partial charge < -0.3 is 9.84 Å². The summed E-state index contributed by atoms with van der Waals surface area (Å²) in [7, 11) is 0. The van der Waals surface area contributed by atoms with E-state index < -0.39 is 0 Å². The second-order valence-corrected chi connectivity index (χ2v) is 3.20. The first-order valence-corrected chi connectivity index (χ1v) is 4.73. The number of aliphatic hydroxyl groups is 1. The van der Waals surface area contributed by atoms with Gasteiger partial charge in [-0.05, 0) is 24.6 Å². The molecule has 0 heterocycles. The van der Waals surface area contributed by atoms with E-state index in [1.807, 2.05) is 0 Å². The lowest BCUT2D eigenvalue weighted by Crippen LogP contribution is -2.04. The zero-order chi connectivity index (χ0) is 10.6. The van der Waals surface area contributed by atoms with Crippen LogP contribution >= 0.6 is 12.6 Å². The lowest BCUT2D eigenvalue weighted by molar-refractivity contribution is 0.0526. The Morgan fingerprint density at radius 1 is 1.57 bits per heavy atom.